The molecular formula is C23H20N4O. The number of pyridine rings is 2. The van der Waals surface area contributed by atoms with Crippen LogP contribution in [0.25, 0.3) is 10.9 Å². The zero-order valence-electron chi connectivity index (χ0n) is 15.5. The van der Waals surface area contributed by atoms with E-state index >= 15 is 0 Å². The van der Waals surface area contributed by atoms with Crippen molar-refractivity contribution in [2.24, 2.45) is 0 Å². The van der Waals surface area contributed by atoms with Crippen molar-refractivity contribution in [3.8, 4) is 0 Å². The molecule has 4 aromatic rings. The van der Waals surface area contributed by atoms with E-state index in [9.17, 15) is 4.79 Å². The lowest BCUT2D eigenvalue weighted by Gasteiger charge is -2.10. The molecule has 0 radical (unpaired) electrons. The number of amides is 1. The first-order chi connectivity index (χ1) is 13.7. The van der Waals surface area contributed by atoms with Crippen molar-refractivity contribution in [2.45, 2.75) is 13.5 Å². The fourth-order valence-corrected chi connectivity index (χ4v) is 3.03. The first-order valence-corrected chi connectivity index (χ1v) is 9.10. The van der Waals surface area contributed by atoms with Gasteiger partial charge in [-0.25, -0.2) is 4.98 Å². The van der Waals surface area contributed by atoms with Gasteiger partial charge in [-0.1, -0.05) is 42.5 Å². The summed E-state index contributed by atoms with van der Waals surface area (Å²) in [5, 5.41) is 7.27. The molecule has 0 spiro atoms. The van der Waals surface area contributed by atoms with E-state index in [0.717, 1.165) is 27.7 Å². The second kappa shape index (κ2) is 7.88. The summed E-state index contributed by atoms with van der Waals surface area (Å²) in [5.41, 5.74) is 4.54. The number of rotatable bonds is 5. The van der Waals surface area contributed by atoms with E-state index in [1.54, 1.807) is 24.5 Å². The highest BCUT2D eigenvalue weighted by Gasteiger charge is 2.08. The Balaban J connectivity index is 1.45. The van der Waals surface area contributed by atoms with Crippen LogP contribution in [-0.4, -0.2) is 15.9 Å². The number of hydrogen-bond donors (Lipinski definition) is 2. The number of nitrogens with zero attached hydrogens (tertiary/aromatic N) is 2. The minimum Gasteiger partial charge on any atom is -0.348 e. The monoisotopic (exact) mass is 368 g/mol. The van der Waals surface area contributed by atoms with Crippen LogP contribution in [0.3, 0.4) is 0 Å². The van der Waals surface area contributed by atoms with Crippen molar-refractivity contribution in [1.29, 1.82) is 0 Å². The summed E-state index contributed by atoms with van der Waals surface area (Å²) in [7, 11) is 0. The van der Waals surface area contributed by atoms with Gasteiger partial charge in [-0.15, -0.1) is 0 Å². The lowest BCUT2D eigenvalue weighted by molar-refractivity contribution is 0.0950. The van der Waals surface area contributed by atoms with Crippen molar-refractivity contribution < 1.29 is 4.79 Å². The summed E-state index contributed by atoms with van der Waals surface area (Å²) in [5.74, 6) is 0.516. The maximum atomic E-state index is 12.4. The fourth-order valence-electron chi connectivity index (χ4n) is 3.03. The Morgan fingerprint density at radius 3 is 2.61 bits per heavy atom. The number of benzene rings is 2. The van der Waals surface area contributed by atoms with E-state index in [0.29, 0.717) is 17.9 Å². The highest BCUT2D eigenvalue weighted by atomic mass is 16.1. The van der Waals surface area contributed by atoms with E-state index in [4.69, 9.17) is 0 Å². The Labute approximate surface area is 163 Å². The van der Waals surface area contributed by atoms with Gasteiger partial charge in [-0.05, 0) is 42.3 Å². The first kappa shape index (κ1) is 17.7. The lowest BCUT2D eigenvalue weighted by atomic mass is 10.1. The average molecular weight is 368 g/mol. The van der Waals surface area contributed by atoms with Crippen molar-refractivity contribution in [1.82, 2.24) is 15.3 Å². The summed E-state index contributed by atoms with van der Waals surface area (Å²) >= 11 is 0. The van der Waals surface area contributed by atoms with Crippen molar-refractivity contribution in [3.05, 3.63) is 95.8 Å². The number of carbonyl (C=O) groups is 1. The van der Waals surface area contributed by atoms with Crippen LogP contribution in [0.5, 0.6) is 0 Å². The predicted octanol–water partition coefficient (Wildman–Crippen LogP) is 4.61. The molecule has 2 heterocycles. The van der Waals surface area contributed by atoms with E-state index in [1.165, 1.54) is 0 Å². The zero-order chi connectivity index (χ0) is 19.3. The molecule has 0 aliphatic rings. The molecule has 2 aromatic carbocycles. The molecule has 138 valence electrons. The van der Waals surface area contributed by atoms with Gasteiger partial charge in [0.05, 0.1) is 16.8 Å². The normalized spacial score (nSPS) is 10.6. The molecule has 0 aliphatic carbocycles. The maximum Gasteiger partial charge on any atom is 0.253 e. The Bertz CT molecular complexity index is 1120. The molecule has 28 heavy (non-hydrogen) atoms. The van der Waals surface area contributed by atoms with Gasteiger partial charge in [0.15, 0.2) is 0 Å². The largest absolute Gasteiger partial charge is 0.348 e. The van der Waals surface area contributed by atoms with Gasteiger partial charge in [0.1, 0.15) is 5.82 Å². The maximum absolute atomic E-state index is 12.4. The number of para-hydroxylation sites is 1. The van der Waals surface area contributed by atoms with Gasteiger partial charge in [-0.3, -0.25) is 9.78 Å². The Kier molecular flexibility index (Phi) is 4.97. The van der Waals surface area contributed by atoms with Crippen LogP contribution >= 0.6 is 0 Å². The highest BCUT2D eigenvalue weighted by Crippen LogP contribution is 2.23. The minimum absolute atomic E-state index is 0.144. The van der Waals surface area contributed by atoms with Crippen molar-refractivity contribution in [2.75, 3.05) is 5.32 Å². The van der Waals surface area contributed by atoms with Crippen LogP contribution in [0.15, 0.2) is 79.1 Å². The van der Waals surface area contributed by atoms with Crippen LogP contribution in [0.2, 0.25) is 0 Å². The molecule has 0 unspecified atom stereocenters. The summed E-state index contributed by atoms with van der Waals surface area (Å²) in [6.07, 6.45) is 3.34. The molecule has 0 atom stereocenters. The minimum atomic E-state index is -0.144. The Morgan fingerprint density at radius 2 is 1.79 bits per heavy atom. The molecular weight excluding hydrogens is 348 g/mol. The third-order valence-corrected chi connectivity index (χ3v) is 4.62. The number of aromatic nitrogens is 2. The lowest BCUT2D eigenvalue weighted by Crippen LogP contribution is -2.23. The summed E-state index contributed by atoms with van der Waals surface area (Å²) in [6.45, 7) is 2.53. The first-order valence-electron chi connectivity index (χ1n) is 9.10. The molecule has 0 saturated carbocycles. The standard InChI is InChI=1S/C23H20N4O/c1-16-6-2-3-7-18(16)14-26-23(28)19-11-12-21(25-15-19)27-20-10-4-8-17-9-5-13-24-22(17)20/h2-13,15H,14H2,1H3,(H,25,27)(H,26,28). The summed E-state index contributed by atoms with van der Waals surface area (Å²) in [6, 6.07) is 21.4. The number of nitrogens with one attached hydrogen (secondary N) is 2. The molecule has 1 amide bonds. The molecule has 5 nitrogen and oxygen atoms in total. The SMILES string of the molecule is Cc1ccccc1CNC(=O)c1ccc(Nc2cccc3cccnc23)nc1. The number of carbonyl (C=O) groups excluding carboxylic acids is 1. The van der Waals surface area contributed by atoms with E-state index in [1.807, 2.05) is 61.5 Å². The van der Waals surface area contributed by atoms with Crippen molar-refractivity contribution in [3.63, 3.8) is 0 Å². The second-order valence-electron chi connectivity index (χ2n) is 6.55. The second-order valence-corrected chi connectivity index (χ2v) is 6.55. The van der Waals surface area contributed by atoms with Gasteiger partial charge in [0, 0.05) is 24.3 Å². The van der Waals surface area contributed by atoms with E-state index < -0.39 is 0 Å². The van der Waals surface area contributed by atoms with Gasteiger partial charge in [0.2, 0.25) is 0 Å². The third kappa shape index (κ3) is 3.83. The molecule has 4 rings (SSSR count). The number of hydrogen-bond acceptors (Lipinski definition) is 4. The summed E-state index contributed by atoms with van der Waals surface area (Å²) in [4.78, 5) is 21.2. The Hall–Kier alpha value is -3.73. The van der Waals surface area contributed by atoms with Gasteiger partial charge >= 0.3 is 0 Å². The molecule has 0 fully saturated rings. The molecule has 2 N–H and O–H groups in total. The van der Waals surface area contributed by atoms with Gasteiger partial charge in [0.25, 0.3) is 5.91 Å². The van der Waals surface area contributed by atoms with Crippen LogP contribution in [0.1, 0.15) is 21.5 Å². The number of fused-ring (bicyclic) bond motifs is 1. The summed E-state index contributed by atoms with van der Waals surface area (Å²) < 4.78 is 0. The fraction of sp³-hybridized carbons (Fsp3) is 0.0870. The molecule has 0 saturated heterocycles. The van der Waals surface area contributed by atoms with Crippen molar-refractivity contribution >= 4 is 28.3 Å². The molecule has 0 aliphatic heterocycles. The van der Waals surface area contributed by atoms with Crippen LogP contribution in [0, 0.1) is 6.92 Å². The number of aryl methyl sites for hydroxylation is 1. The van der Waals surface area contributed by atoms with Gasteiger partial charge < -0.3 is 10.6 Å². The molecule has 2 aromatic heterocycles. The predicted molar refractivity (Wildman–Crippen MR) is 112 cm³/mol. The molecule has 5 heteroatoms. The quantitative estimate of drug-likeness (QED) is 0.540. The van der Waals surface area contributed by atoms with E-state index in [2.05, 4.69) is 20.6 Å². The van der Waals surface area contributed by atoms with Crippen LogP contribution < -0.4 is 10.6 Å². The smallest absolute Gasteiger partial charge is 0.253 e. The highest BCUT2D eigenvalue weighted by molar-refractivity contribution is 5.94. The third-order valence-electron chi connectivity index (χ3n) is 4.62. The average Bonchev–Trinajstić information content (AvgIpc) is 2.74. The van der Waals surface area contributed by atoms with Crippen LogP contribution in [0.4, 0.5) is 11.5 Å². The number of anilines is 2. The van der Waals surface area contributed by atoms with Gasteiger partial charge in [-0.2, -0.15) is 0 Å². The zero-order valence-corrected chi connectivity index (χ0v) is 15.5. The molecule has 0 bridgehead atoms. The topological polar surface area (TPSA) is 66.9 Å². The van der Waals surface area contributed by atoms with E-state index in [-0.39, 0.29) is 5.91 Å². The Morgan fingerprint density at radius 1 is 0.929 bits per heavy atom. The van der Waals surface area contributed by atoms with Crippen LogP contribution in [-0.2, 0) is 6.54 Å².